The Morgan fingerprint density at radius 1 is 1.67 bits per heavy atom. The van der Waals surface area contributed by atoms with Gasteiger partial charge in [-0.2, -0.15) is 0 Å². The van der Waals surface area contributed by atoms with E-state index in [4.69, 9.17) is 0 Å². The van der Waals surface area contributed by atoms with Crippen LogP contribution in [-0.4, -0.2) is 15.0 Å². The molecule has 0 unspecified atom stereocenters. The second-order valence-corrected chi connectivity index (χ2v) is 3.42. The van der Waals surface area contributed by atoms with Crippen LogP contribution < -0.4 is 0 Å². The highest BCUT2D eigenvalue weighted by Crippen LogP contribution is 1.89. The highest BCUT2D eigenvalue weighted by molar-refractivity contribution is 8.32. The Hall–Kier alpha value is 0.305. The molecule has 35 valence electrons. The zero-order valence-electron chi connectivity index (χ0n) is 3.18. The minimum Gasteiger partial charge on any atom is -0.226 e. The summed E-state index contributed by atoms with van der Waals surface area (Å²) in [6.07, 6.45) is 0. The van der Waals surface area contributed by atoms with Gasteiger partial charge in [0.25, 0.3) is 6.56 Å². The van der Waals surface area contributed by atoms with Gasteiger partial charge in [0.05, 0.1) is 0 Å². The molecule has 0 saturated heterocycles. The molecular weight excluding hydrogens is 122 g/mol. The standard InChI is InChI=1S/CH3BClO2S/c1-2-6(3,4)5/h1H3. The van der Waals surface area contributed by atoms with Crippen LogP contribution in [0.2, 0.25) is 6.82 Å². The zero-order valence-corrected chi connectivity index (χ0v) is 4.75. The van der Waals surface area contributed by atoms with Gasteiger partial charge in [0.15, 0.2) is 8.90 Å². The Morgan fingerprint density at radius 3 is 1.83 bits per heavy atom. The molecule has 0 atom stereocenters. The molecule has 0 N–H and O–H groups in total. The number of hydrogen-bond donors (Lipinski definition) is 0. The van der Waals surface area contributed by atoms with Crippen molar-refractivity contribution in [2.75, 3.05) is 0 Å². The summed E-state index contributed by atoms with van der Waals surface area (Å²) in [4.78, 5) is 0. The minimum atomic E-state index is -3.31. The van der Waals surface area contributed by atoms with E-state index < -0.39 is 8.90 Å². The summed E-state index contributed by atoms with van der Waals surface area (Å²) >= 11 is 0. The fraction of sp³-hybridized carbons (Fsp3) is 1.00. The van der Waals surface area contributed by atoms with Gasteiger partial charge >= 0.3 is 0 Å². The maximum absolute atomic E-state index is 9.71. The van der Waals surface area contributed by atoms with E-state index in [1.165, 1.54) is 6.82 Å². The van der Waals surface area contributed by atoms with Crippen molar-refractivity contribution in [3.8, 4) is 0 Å². The van der Waals surface area contributed by atoms with Crippen molar-refractivity contribution in [2.24, 2.45) is 0 Å². The van der Waals surface area contributed by atoms with Gasteiger partial charge in [-0.25, -0.2) is 8.42 Å². The SMILES string of the molecule is C[B]S(=O)(=O)Cl. The van der Waals surface area contributed by atoms with Gasteiger partial charge in [-0.05, 0) is 0 Å². The van der Waals surface area contributed by atoms with Gasteiger partial charge in [0.2, 0.25) is 0 Å². The highest BCUT2D eigenvalue weighted by atomic mass is 35.7. The Kier molecular flexibility index (Phi) is 1.94. The summed E-state index contributed by atoms with van der Waals surface area (Å²) in [7, 11) is 1.32. The van der Waals surface area contributed by atoms with Crippen LogP contribution in [0.3, 0.4) is 0 Å². The quantitative estimate of drug-likeness (QED) is 0.371. The van der Waals surface area contributed by atoms with Gasteiger partial charge in [-0.1, -0.05) is 6.82 Å². The molecule has 0 spiro atoms. The van der Waals surface area contributed by atoms with E-state index in [2.05, 4.69) is 10.7 Å². The molecule has 2 nitrogen and oxygen atoms in total. The summed E-state index contributed by atoms with van der Waals surface area (Å²) in [6, 6.07) is 0. The van der Waals surface area contributed by atoms with Gasteiger partial charge in [0, 0.05) is 10.7 Å². The van der Waals surface area contributed by atoms with Crippen LogP contribution in [0.1, 0.15) is 0 Å². The number of halogens is 1. The smallest absolute Gasteiger partial charge is 0.226 e. The topological polar surface area (TPSA) is 34.1 Å². The maximum atomic E-state index is 9.71. The summed E-state index contributed by atoms with van der Waals surface area (Å²) in [5, 5.41) is 0. The maximum Gasteiger partial charge on any atom is 0.297 e. The molecule has 0 aliphatic heterocycles. The summed E-state index contributed by atoms with van der Waals surface area (Å²) < 4.78 is 19.4. The largest absolute Gasteiger partial charge is 0.297 e. The molecule has 0 aromatic carbocycles. The zero-order chi connectivity index (χ0) is 5.21. The van der Waals surface area contributed by atoms with Gasteiger partial charge in [-0.3, -0.25) is 0 Å². The van der Waals surface area contributed by atoms with Crippen molar-refractivity contribution in [3.05, 3.63) is 0 Å². The molecule has 0 bridgehead atoms. The van der Waals surface area contributed by atoms with E-state index >= 15 is 0 Å². The Labute approximate surface area is 42.1 Å². The Balaban J connectivity index is 3.85. The summed E-state index contributed by atoms with van der Waals surface area (Å²) in [6.45, 7) is 2.29. The summed E-state index contributed by atoms with van der Waals surface area (Å²) in [5.41, 5.74) is 0. The fourth-order valence-corrected chi connectivity index (χ4v) is 0. The predicted octanol–water partition coefficient (Wildman–Crippen LogP) is 0.222. The average molecular weight is 125 g/mol. The Morgan fingerprint density at radius 2 is 1.83 bits per heavy atom. The molecule has 0 aliphatic carbocycles. The first-order valence-corrected chi connectivity index (χ1v) is 3.67. The third-order valence-corrected chi connectivity index (χ3v) is 1.38. The van der Waals surface area contributed by atoms with Gasteiger partial charge in [-0.15, -0.1) is 0 Å². The molecule has 0 amide bonds. The van der Waals surface area contributed by atoms with Crippen molar-refractivity contribution < 1.29 is 8.42 Å². The van der Waals surface area contributed by atoms with Crippen molar-refractivity contribution in [1.29, 1.82) is 0 Å². The van der Waals surface area contributed by atoms with E-state index in [1.807, 2.05) is 0 Å². The minimum absolute atomic E-state index is 0.925. The van der Waals surface area contributed by atoms with Crippen molar-refractivity contribution in [3.63, 3.8) is 0 Å². The first-order chi connectivity index (χ1) is 2.56. The highest BCUT2D eigenvalue weighted by Gasteiger charge is 1.98. The molecule has 0 aromatic heterocycles. The Bertz CT molecular complexity index is 116. The lowest BCUT2D eigenvalue weighted by atomic mass is 10.2. The van der Waals surface area contributed by atoms with Crippen LogP contribution in [-0.2, 0) is 8.90 Å². The molecule has 0 saturated carbocycles. The van der Waals surface area contributed by atoms with E-state index in [0.29, 0.717) is 0 Å². The molecule has 1 radical (unpaired) electrons. The molecule has 0 heterocycles. The van der Waals surface area contributed by atoms with E-state index in [0.717, 1.165) is 6.56 Å². The van der Waals surface area contributed by atoms with Crippen LogP contribution in [0.25, 0.3) is 0 Å². The molecule has 0 rings (SSSR count). The second kappa shape index (κ2) is 1.84. The first kappa shape index (κ1) is 6.30. The molecule has 0 aromatic rings. The van der Waals surface area contributed by atoms with E-state index in [9.17, 15) is 8.42 Å². The van der Waals surface area contributed by atoms with Crippen LogP contribution in [0, 0.1) is 0 Å². The number of rotatable bonds is 1. The third kappa shape index (κ3) is 4.30. The van der Waals surface area contributed by atoms with Crippen LogP contribution in [0.5, 0.6) is 0 Å². The molecular formula is CH3BClO2S. The van der Waals surface area contributed by atoms with Crippen LogP contribution >= 0.6 is 10.7 Å². The lowest BCUT2D eigenvalue weighted by Crippen LogP contribution is -1.93. The molecule has 0 aliphatic rings. The summed E-state index contributed by atoms with van der Waals surface area (Å²) in [5.74, 6) is 0. The lowest BCUT2D eigenvalue weighted by Gasteiger charge is -1.74. The fourth-order valence-electron chi connectivity index (χ4n) is 0. The van der Waals surface area contributed by atoms with Crippen LogP contribution in [0.4, 0.5) is 0 Å². The van der Waals surface area contributed by atoms with Gasteiger partial charge < -0.3 is 0 Å². The lowest BCUT2D eigenvalue weighted by molar-refractivity contribution is 0.621. The normalized spacial score (nSPS) is 11.0. The van der Waals surface area contributed by atoms with Crippen LogP contribution in [0.15, 0.2) is 0 Å². The molecule has 5 heteroatoms. The second-order valence-electron chi connectivity index (χ2n) is 0.711. The molecule has 6 heavy (non-hydrogen) atoms. The van der Waals surface area contributed by atoms with Gasteiger partial charge in [0.1, 0.15) is 0 Å². The van der Waals surface area contributed by atoms with E-state index in [1.54, 1.807) is 0 Å². The predicted molar refractivity (Wildman–Crippen MR) is 26.4 cm³/mol. The number of hydrogen-bond acceptors (Lipinski definition) is 2. The van der Waals surface area contributed by atoms with Crippen molar-refractivity contribution in [2.45, 2.75) is 6.82 Å². The third-order valence-electron chi connectivity index (χ3n) is 0.282. The van der Waals surface area contributed by atoms with Crippen molar-refractivity contribution in [1.82, 2.24) is 0 Å². The average Bonchev–Trinajstić information content (AvgIpc) is 1.35. The van der Waals surface area contributed by atoms with E-state index in [-0.39, 0.29) is 0 Å². The monoisotopic (exact) mass is 125 g/mol. The van der Waals surface area contributed by atoms with Crippen molar-refractivity contribution >= 4 is 26.1 Å². The first-order valence-electron chi connectivity index (χ1n) is 1.30. The molecule has 0 fully saturated rings.